The van der Waals surface area contributed by atoms with E-state index in [1.807, 2.05) is 0 Å². The highest BCUT2D eigenvalue weighted by atomic mass is 35.5. The van der Waals surface area contributed by atoms with Gasteiger partial charge in [-0.3, -0.25) is 9.59 Å². The van der Waals surface area contributed by atoms with E-state index in [0.29, 0.717) is 22.1 Å². The molecule has 0 spiro atoms. The fraction of sp³-hybridized carbons (Fsp3) is 0.176. The molecule has 2 aromatic carbocycles. The molecule has 1 aliphatic rings. The number of ether oxygens (including phenoxy) is 1. The zero-order valence-corrected chi connectivity index (χ0v) is 15.1. The van der Waals surface area contributed by atoms with Crippen LogP contribution in [0.15, 0.2) is 47.4 Å². The number of benzene rings is 2. The first-order chi connectivity index (χ1) is 12.3. The molecule has 0 bridgehead atoms. The molecule has 2 N–H and O–H groups in total. The number of hydrogen-bond donors (Lipinski definition) is 2. The summed E-state index contributed by atoms with van der Waals surface area (Å²) < 4.78 is 30.1. The summed E-state index contributed by atoms with van der Waals surface area (Å²) in [7, 11) is -3.71. The van der Waals surface area contributed by atoms with Crippen LogP contribution in [0.1, 0.15) is 6.42 Å². The Bertz CT molecular complexity index is 975. The van der Waals surface area contributed by atoms with Crippen LogP contribution in [-0.2, 0) is 19.4 Å². The summed E-state index contributed by atoms with van der Waals surface area (Å²) in [5.41, 5.74) is 0.716. The smallest absolute Gasteiger partial charge is 0.262 e. The van der Waals surface area contributed by atoms with E-state index in [4.69, 9.17) is 16.3 Å². The average Bonchev–Trinajstić information content (AvgIpc) is 2.61. The van der Waals surface area contributed by atoms with Crippen molar-refractivity contribution in [2.24, 2.45) is 0 Å². The van der Waals surface area contributed by atoms with Crippen molar-refractivity contribution >= 4 is 44.6 Å². The van der Waals surface area contributed by atoms with E-state index >= 15 is 0 Å². The van der Waals surface area contributed by atoms with Gasteiger partial charge in [0.2, 0.25) is 5.91 Å². The van der Waals surface area contributed by atoms with Crippen molar-refractivity contribution < 1.29 is 22.7 Å². The van der Waals surface area contributed by atoms with Gasteiger partial charge < -0.3 is 15.4 Å². The molecule has 0 saturated heterocycles. The minimum absolute atomic E-state index is 0.00703. The Hall–Kier alpha value is -2.58. The van der Waals surface area contributed by atoms with Crippen LogP contribution in [0, 0.1) is 0 Å². The molecule has 26 heavy (non-hydrogen) atoms. The molecule has 0 atom stereocenters. The van der Waals surface area contributed by atoms with Gasteiger partial charge >= 0.3 is 0 Å². The number of anilines is 2. The van der Waals surface area contributed by atoms with E-state index in [2.05, 4.69) is 10.6 Å². The van der Waals surface area contributed by atoms with Crippen LogP contribution >= 0.6 is 11.6 Å². The number of hydrogen-bond acceptors (Lipinski definition) is 5. The third-order valence-electron chi connectivity index (χ3n) is 3.69. The maximum atomic E-state index is 12.5. The van der Waals surface area contributed by atoms with E-state index in [0.717, 1.165) is 0 Å². The first kappa shape index (κ1) is 18.2. The highest BCUT2D eigenvalue weighted by Gasteiger charge is 2.22. The minimum Gasteiger partial charge on any atom is -0.482 e. The predicted molar refractivity (Wildman–Crippen MR) is 97.3 cm³/mol. The molecular weight excluding hydrogens is 380 g/mol. The summed E-state index contributed by atoms with van der Waals surface area (Å²) in [5, 5.41) is 5.50. The summed E-state index contributed by atoms with van der Waals surface area (Å²) in [6.45, 7) is -0.110. The highest BCUT2D eigenvalue weighted by Crippen LogP contribution is 2.30. The SMILES string of the molecule is O=C(CCS(=O)(=O)c1ccc2c(c1)NC(=O)CO2)Nc1ccccc1Cl. The van der Waals surface area contributed by atoms with Gasteiger partial charge in [0, 0.05) is 6.42 Å². The van der Waals surface area contributed by atoms with Crippen LogP contribution in [0.2, 0.25) is 5.02 Å². The lowest BCUT2D eigenvalue weighted by atomic mass is 10.2. The van der Waals surface area contributed by atoms with E-state index < -0.39 is 15.7 Å². The van der Waals surface area contributed by atoms with Gasteiger partial charge in [-0.2, -0.15) is 0 Å². The fourth-order valence-electron chi connectivity index (χ4n) is 2.38. The zero-order chi connectivity index (χ0) is 18.7. The van der Waals surface area contributed by atoms with Gasteiger partial charge in [0.15, 0.2) is 16.4 Å². The summed E-state index contributed by atoms with van der Waals surface area (Å²) >= 11 is 5.95. The average molecular weight is 395 g/mol. The quantitative estimate of drug-likeness (QED) is 0.811. The first-order valence-electron chi connectivity index (χ1n) is 7.69. The largest absolute Gasteiger partial charge is 0.482 e. The molecule has 0 aromatic heterocycles. The molecule has 136 valence electrons. The van der Waals surface area contributed by atoms with Crippen molar-refractivity contribution in [3.63, 3.8) is 0 Å². The molecule has 2 amide bonds. The molecule has 0 fully saturated rings. The number of rotatable bonds is 5. The summed E-state index contributed by atoms with van der Waals surface area (Å²) in [4.78, 5) is 23.4. The van der Waals surface area contributed by atoms with Crippen LogP contribution in [0.25, 0.3) is 0 Å². The molecule has 0 aliphatic carbocycles. The molecule has 7 nitrogen and oxygen atoms in total. The number of para-hydroxylation sites is 1. The first-order valence-corrected chi connectivity index (χ1v) is 9.72. The van der Waals surface area contributed by atoms with Gasteiger partial charge in [-0.05, 0) is 30.3 Å². The summed E-state index contributed by atoms with van der Waals surface area (Å²) in [6, 6.07) is 10.9. The van der Waals surface area contributed by atoms with E-state index in [-0.39, 0.29) is 29.6 Å². The highest BCUT2D eigenvalue weighted by molar-refractivity contribution is 7.91. The van der Waals surface area contributed by atoms with Gasteiger partial charge in [0.1, 0.15) is 5.75 Å². The Morgan fingerprint density at radius 2 is 2.00 bits per heavy atom. The number of carbonyl (C=O) groups is 2. The number of carbonyl (C=O) groups excluding carboxylic acids is 2. The molecule has 3 rings (SSSR count). The molecule has 0 unspecified atom stereocenters. The molecule has 0 radical (unpaired) electrons. The van der Waals surface area contributed by atoms with Gasteiger partial charge in [0.25, 0.3) is 5.91 Å². The van der Waals surface area contributed by atoms with E-state index in [9.17, 15) is 18.0 Å². The number of halogens is 1. The summed E-state index contributed by atoms with van der Waals surface area (Å²) in [5.74, 6) is -0.792. The molecular formula is C17H15ClN2O5S. The Kier molecular flexibility index (Phi) is 5.15. The van der Waals surface area contributed by atoms with E-state index in [1.165, 1.54) is 18.2 Å². The van der Waals surface area contributed by atoms with Crippen LogP contribution < -0.4 is 15.4 Å². The number of amides is 2. The number of nitrogens with one attached hydrogen (secondary N) is 2. The number of fused-ring (bicyclic) bond motifs is 1. The van der Waals surface area contributed by atoms with Crippen LogP contribution in [0.4, 0.5) is 11.4 Å². The predicted octanol–water partition coefficient (Wildman–Crippen LogP) is 2.47. The maximum absolute atomic E-state index is 12.5. The van der Waals surface area contributed by atoms with Gasteiger partial charge in [-0.1, -0.05) is 23.7 Å². The fourth-order valence-corrected chi connectivity index (χ4v) is 3.82. The van der Waals surface area contributed by atoms with Crippen molar-refractivity contribution in [1.29, 1.82) is 0 Å². The van der Waals surface area contributed by atoms with Crippen molar-refractivity contribution in [3.05, 3.63) is 47.5 Å². The maximum Gasteiger partial charge on any atom is 0.262 e. The monoisotopic (exact) mass is 394 g/mol. The lowest BCUT2D eigenvalue weighted by Crippen LogP contribution is -2.25. The lowest BCUT2D eigenvalue weighted by Gasteiger charge is -2.18. The third-order valence-corrected chi connectivity index (χ3v) is 5.73. The Morgan fingerprint density at radius 1 is 1.23 bits per heavy atom. The Morgan fingerprint density at radius 3 is 2.77 bits per heavy atom. The third kappa shape index (κ3) is 4.14. The van der Waals surface area contributed by atoms with Crippen molar-refractivity contribution in [1.82, 2.24) is 0 Å². The van der Waals surface area contributed by atoms with Crippen LogP contribution in [0.3, 0.4) is 0 Å². The second kappa shape index (κ2) is 7.35. The zero-order valence-electron chi connectivity index (χ0n) is 13.5. The lowest BCUT2D eigenvalue weighted by molar-refractivity contribution is -0.118. The van der Waals surface area contributed by atoms with Crippen molar-refractivity contribution in [3.8, 4) is 5.75 Å². The normalized spacial score (nSPS) is 13.3. The second-order valence-electron chi connectivity index (χ2n) is 5.59. The van der Waals surface area contributed by atoms with Gasteiger partial charge in [-0.25, -0.2) is 8.42 Å². The topological polar surface area (TPSA) is 102 Å². The molecule has 0 saturated carbocycles. The van der Waals surface area contributed by atoms with Gasteiger partial charge in [0.05, 0.1) is 27.0 Å². The van der Waals surface area contributed by atoms with Crippen molar-refractivity contribution in [2.45, 2.75) is 11.3 Å². The Balaban J connectivity index is 1.67. The summed E-state index contributed by atoms with van der Waals surface area (Å²) in [6.07, 6.45) is -0.229. The van der Waals surface area contributed by atoms with Gasteiger partial charge in [-0.15, -0.1) is 0 Å². The molecule has 1 heterocycles. The standard InChI is InChI=1S/C17H15ClN2O5S/c18-12-3-1-2-4-13(12)19-16(21)7-8-26(23,24)11-5-6-15-14(9-11)20-17(22)10-25-15/h1-6,9H,7-8,10H2,(H,19,21)(H,20,22). The van der Waals surface area contributed by atoms with E-state index in [1.54, 1.807) is 24.3 Å². The van der Waals surface area contributed by atoms with Crippen molar-refractivity contribution in [2.75, 3.05) is 23.0 Å². The minimum atomic E-state index is -3.71. The molecule has 2 aromatic rings. The second-order valence-corrected chi connectivity index (χ2v) is 8.11. The molecule has 9 heteroatoms. The number of sulfone groups is 1. The van der Waals surface area contributed by atoms with Crippen LogP contribution in [0.5, 0.6) is 5.75 Å². The Labute approximate surface area is 155 Å². The molecule has 1 aliphatic heterocycles. The van der Waals surface area contributed by atoms with Crippen LogP contribution in [-0.4, -0.2) is 32.6 Å².